The van der Waals surface area contributed by atoms with Crippen molar-refractivity contribution in [3.8, 4) is 0 Å². The molecule has 6 heteroatoms. The Kier molecular flexibility index (Phi) is 5.43. The van der Waals surface area contributed by atoms with Crippen molar-refractivity contribution >= 4 is 35.0 Å². The van der Waals surface area contributed by atoms with Crippen LogP contribution in [0.3, 0.4) is 0 Å². The third-order valence-electron chi connectivity index (χ3n) is 5.05. The average Bonchev–Trinajstić information content (AvgIpc) is 3.38. The second-order valence-electron chi connectivity index (χ2n) is 8.28. The van der Waals surface area contributed by atoms with E-state index >= 15 is 0 Å². The fourth-order valence-corrected chi connectivity index (χ4v) is 4.61. The van der Waals surface area contributed by atoms with Gasteiger partial charge in [-0.05, 0) is 52.9 Å². The molecule has 1 saturated heterocycles. The molecule has 1 N–H and O–H groups in total. The molecule has 0 unspecified atom stereocenters. The number of anilines is 2. The van der Waals surface area contributed by atoms with E-state index in [-0.39, 0.29) is 28.4 Å². The highest BCUT2D eigenvalue weighted by molar-refractivity contribution is 8.00. The first-order chi connectivity index (χ1) is 14.3. The van der Waals surface area contributed by atoms with Crippen LogP contribution in [0.5, 0.6) is 0 Å². The molecule has 0 bridgehead atoms. The van der Waals surface area contributed by atoms with Crippen LogP contribution in [0.15, 0.2) is 71.3 Å². The number of hydrogen-bond acceptors (Lipinski definition) is 4. The minimum atomic E-state index is -0.304. The zero-order valence-corrected chi connectivity index (χ0v) is 18.0. The summed E-state index contributed by atoms with van der Waals surface area (Å²) in [5.41, 5.74) is 3.79. The summed E-state index contributed by atoms with van der Waals surface area (Å²) >= 11 is 1.59. The van der Waals surface area contributed by atoms with E-state index in [9.17, 15) is 9.59 Å². The first-order valence-corrected chi connectivity index (χ1v) is 10.9. The monoisotopic (exact) mass is 420 g/mol. The maximum absolute atomic E-state index is 12.7. The summed E-state index contributed by atoms with van der Waals surface area (Å²) < 4.78 is 5.15. The van der Waals surface area contributed by atoms with E-state index in [1.165, 1.54) is 11.8 Å². The number of furan rings is 1. The summed E-state index contributed by atoms with van der Waals surface area (Å²) in [4.78, 5) is 26.8. The van der Waals surface area contributed by atoms with Crippen molar-refractivity contribution in [1.29, 1.82) is 0 Å². The molecule has 2 amide bonds. The Labute approximate surface area is 180 Å². The molecule has 3 aromatic rings. The Morgan fingerprint density at radius 2 is 1.87 bits per heavy atom. The molecule has 4 rings (SSSR count). The number of amides is 2. The number of hydrogen-bond donors (Lipinski definition) is 1. The molecule has 154 valence electrons. The summed E-state index contributed by atoms with van der Waals surface area (Å²) in [6.45, 7) is 6.51. The van der Waals surface area contributed by atoms with Crippen LogP contribution in [0.25, 0.3) is 0 Å². The lowest BCUT2D eigenvalue weighted by Gasteiger charge is -2.26. The standard InChI is InChI=1S/C24H24N2O3S/c1-24(2,3)17-9-11-19(12-10-17)26-21(27)15-30-23(26)16-6-4-7-18(14-16)25-22(28)20-8-5-13-29-20/h4-14,23H,15H2,1-3H3,(H,25,28)/t23-/m1/s1. The third kappa shape index (κ3) is 4.14. The number of carbonyl (C=O) groups is 2. The number of nitrogens with one attached hydrogen (secondary N) is 1. The Morgan fingerprint density at radius 1 is 1.10 bits per heavy atom. The predicted octanol–water partition coefficient (Wildman–Crippen LogP) is 5.61. The van der Waals surface area contributed by atoms with Gasteiger partial charge < -0.3 is 9.73 Å². The number of nitrogens with zero attached hydrogens (tertiary/aromatic N) is 1. The normalized spacial score (nSPS) is 16.7. The van der Waals surface area contributed by atoms with Crippen molar-refractivity contribution in [3.63, 3.8) is 0 Å². The van der Waals surface area contributed by atoms with E-state index in [4.69, 9.17) is 4.42 Å². The van der Waals surface area contributed by atoms with E-state index in [2.05, 4.69) is 38.2 Å². The number of rotatable bonds is 4. The van der Waals surface area contributed by atoms with Gasteiger partial charge in [0.15, 0.2) is 5.76 Å². The Morgan fingerprint density at radius 3 is 2.53 bits per heavy atom. The first-order valence-electron chi connectivity index (χ1n) is 9.82. The first kappa shape index (κ1) is 20.3. The van der Waals surface area contributed by atoms with Gasteiger partial charge in [0.25, 0.3) is 5.91 Å². The van der Waals surface area contributed by atoms with E-state index in [0.29, 0.717) is 11.4 Å². The van der Waals surface area contributed by atoms with E-state index in [1.807, 2.05) is 41.3 Å². The van der Waals surface area contributed by atoms with Crippen LogP contribution in [-0.4, -0.2) is 17.6 Å². The second kappa shape index (κ2) is 8.03. The van der Waals surface area contributed by atoms with Gasteiger partial charge in [0.05, 0.1) is 12.0 Å². The second-order valence-corrected chi connectivity index (χ2v) is 9.35. The lowest BCUT2D eigenvalue weighted by atomic mass is 9.87. The minimum absolute atomic E-state index is 0.0578. The van der Waals surface area contributed by atoms with E-state index in [1.54, 1.807) is 23.9 Å². The predicted molar refractivity (Wildman–Crippen MR) is 121 cm³/mol. The quantitative estimate of drug-likeness (QED) is 0.596. The third-order valence-corrected chi connectivity index (χ3v) is 6.27. The molecule has 1 aliphatic rings. The number of benzene rings is 2. The molecule has 2 aromatic carbocycles. The Bertz CT molecular complexity index is 1050. The van der Waals surface area contributed by atoms with Gasteiger partial charge in [-0.2, -0.15) is 0 Å². The lowest BCUT2D eigenvalue weighted by Crippen LogP contribution is -2.28. The SMILES string of the molecule is CC(C)(C)c1ccc(N2C(=O)CS[C@@H]2c2cccc(NC(=O)c3ccco3)c2)cc1. The number of thioether (sulfide) groups is 1. The summed E-state index contributed by atoms with van der Waals surface area (Å²) in [6.07, 6.45) is 1.47. The number of carbonyl (C=O) groups excluding carboxylic acids is 2. The topological polar surface area (TPSA) is 62.6 Å². The lowest BCUT2D eigenvalue weighted by molar-refractivity contribution is -0.115. The average molecular weight is 421 g/mol. The minimum Gasteiger partial charge on any atom is -0.459 e. The molecule has 1 atom stereocenters. The molecule has 0 saturated carbocycles. The molecule has 0 spiro atoms. The molecule has 2 heterocycles. The maximum atomic E-state index is 12.7. The Hall–Kier alpha value is -2.99. The van der Waals surface area contributed by atoms with Crippen LogP contribution in [0.1, 0.15) is 47.8 Å². The fraction of sp³-hybridized carbons (Fsp3) is 0.250. The van der Waals surface area contributed by atoms with Gasteiger partial charge in [0.1, 0.15) is 5.37 Å². The molecule has 30 heavy (non-hydrogen) atoms. The van der Waals surface area contributed by atoms with Gasteiger partial charge in [-0.15, -0.1) is 11.8 Å². The highest BCUT2D eigenvalue weighted by Gasteiger charge is 2.34. The van der Waals surface area contributed by atoms with Crippen LogP contribution in [0, 0.1) is 0 Å². The summed E-state index contributed by atoms with van der Waals surface area (Å²) in [6, 6.07) is 19.1. The van der Waals surface area contributed by atoms with Crippen molar-refractivity contribution in [2.45, 2.75) is 31.6 Å². The molecule has 1 aliphatic heterocycles. The van der Waals surface area contributed by atoms with E-state index < -0.39 is 0 Å². The van der Waals surface area contributed by atoms with Crippen LogP contribution in [-0.2, 0) is 10.2 Å². The largest absolute Gasteiger partial charge is 0.459 e. The molecule has 1 fully saturated rings. The zero-order valence-electron chi connectivity index (χ0n) is 17.2. The van der Waals surface area contributed by atoms with Crippen LogP contribution in [0.4, 0.5) is 11.4 Å². The van der Waals surface area contributed by atoms with Crippen molar-refractivity contribution < 1.29 is 14.0 Å². The van der Waals surface area contributed by atoms with Crippen LogP contribution < -0.4 is 10.2 Å². The molecular formula is C24H24N2O3S. The van der Waals surface area contributed by atoms with Gasteiger partial charge in [-0.3, -0.25) is 14.5 Å². The van der Waals surface area contributed by atoms with Crippen LogP contribution >= 0.6 is 11.8 Å². The van der Waals surface area contributed by atoms with E-state index in [0.717, 1.165) is 11.3 Å². The summed E-state index contributed by atoms with van der Waals surface area (Å²) in [5.74, 6) is 0.459. The Balaban J connectivity index is 1.58. The molecule has 0 radical (unpaired) electrons. The van der Waals surface area contributed by atoms with Crippen molar-refractivity contribution in [1.82, 2.24) is 0 Å². The summed E-state index contributed by atoms with van der Waals surface area (Å²) in [7, 11) is 0. The molecule has 0 aliphatic carbocycles. The molecule has 1 aromatic heterocycles. The molecular weight excluding hydrogens is 396 g/mol. The van der Waals surface area contributed by atoms with Crippen molar-refractivity contribution in [2.24, 2.45) is 0 Å². The van der Waals surface area contributed by atoms with Gasteiger partial charge in [0, 0.05) is 11.4 Å². The van der Waals surface area contributed by atoms with Crippen molar-refractivity contribution in [2.75, 3.05) is 16.0 Å². The van der Waals surface area contributed by atoms with Crippen LogP contribution in [0.2, 0.25) is 0 Å². The highest BCUT2D eigenvalue weighted by atomic mass is 32.2. The van der Waals surface area contributed by atoms with Gasteiger partial charge in [0.2, 0.25) is 5.91 Å². The highest BCUT2D eigenvalue weighted by Crippen LogP contribution is 2.42. The van der Waals surface area contributed by atoms with Gasteiger partial charge in [-0.25, -0.2) is 0 Å². The zero-order chi connectivity index (χ0) is 21.3. The van der Waals surface area contributed by atoms with Crippen molar-refractivity contribution in [3.05, 3.63) is 83.8 Å². The summed E-state index contributed by atoms with van der Waals surface area (Å²) in [5, 5.41) is 2.71. The van der Waals surface area contributed by atoms with Gasteiger partial charge in [-0.1, -0.05) is 45.0 Å². The molecule has 5 nitrogen and oxygen atoms in total. The fourth-order valence-electron chi connectivity index (χ4n) is 3.44. The maximum Gasteiger partial charge on any atom is 0.291 e. The van der Waals surface area contributed by atoms with Gasteiger partial charge >= 0.3 is 0 Å². The smallest absolute Gasteiger partial charge is 0.291 e.